The van der Waals surface area contributed by atoms with Crippen LogP contribution in [0.25, 0.3) is 0 Å². The summed E-state index contributed by atoms with van der Waals surface area (Å²) in [5.41, 5.74) is 17.5. The van der Waals surface area contributed by atoms with Gasteiger partial charge in [0.1, 0.15) is 0 Å². The van der Waals surface area contributed by atoms with Gasteiger partial charge in [0.15, 0.2) is 0 Å². The molecule has 0 saturated heterocycles. The number of nitrogens with zero attached hydrogens (tertiary/aromatic N) is 2. The van der Waals surface area contributed by atoms with E-state index in [0.717, 1.165) is 39.3 Å². The maximum atomic E-state index is 11.8. The molecule has 9 nitrogen and oxygen atoms in total. The van der Waals surface area contributed by atoms with Crippen LogP contribution >= 0.6 is 0 Å². The third-order valence-corrected chi connectivity index (χ3v) is 7.12. The van der Waals surface area contributed by atoms with E-state index in [0.29, 0.717) is 11.4 Å². The highest BCUT2D eigenvalue weighted by Crippen LogP contribution is 2.14. The van der Waals surface area contributed by atoms with Crippen molar-refractivity contribution in [2.45, 2.75) is 48.5 Å². The Labute approximate surface area is 325 Å². The average molecular weight is 738 g/mol. The van der Waals surface area contributed by atoms with Crippen molar-refractivity contribution in [1.29, 1.82) is 0 Å². The fraction of sp³-hybridized carbons (Fsp3) is 0.152. The molecule has 6 aromatic rings. The minimum atomic E-state index is -0.230. The lowest BCUT2D eigenvalue weighted by Crippen LogP contribution is -2.19. The monoisotopic (exact) mass is 737 g/mol. The molecule has 0 aromatic heterocycles. The van der Waals surface area contributed by atoms with Gasteiger partial charge in [0, 0.05) is 17.1 Å². The van der Waals surface area contributed by atoms with Crippen LogP contribution in [0.2, 0.25) is 0 Å². The molecule has 0 radical (unpaired) electrons. The topological polar surface area (TPSA) is 158 Å². The van der Waals surface area contributed by atoms with Crippen LogP contribution in [0, 0.1) is 48.5 Å². The Balaban J connectivity index is 0.000000357. The highest BCUT2D eigenvalue weighted by atomic mass is 16.2. The maximum absolute atomic E-state index is 11.8. The molecule has 0 bridgehead atoms. The van der Waals surface area contributed by atoms with Crippen LogP contribution in [0.15, 0.2) is 156 Å². The molecule has 0 saturated carbocycles. The molecule has 0 unspecified atom stereocenters. The van der Waals surface area contributed by atoms with Gasteiger partial charge in [-0.2, -0.15) is 9.98 Å². The zero-order valence-corrected chi connectivity index (χ0v) is 32.6. The van der Waals surface area contributed by atoms with Gasteiger partial charge in [-0.3, -0.25) is 0 Å². The molecule has 0 aliphatic rings. The van der Waals surface area contributed by atoms with Crippen molar-refractivity contribution in [3.63, 3.8) is 0 Å². The molecule has 0 aliphatic carbocycles. The maximum Gasteiger partial charge on any atom is 0.323 e. The van der Waals surface area contributed by atoms with Crippen LogP contribution < -0.4 is 16.4 Å². The zero-order chi connectivity index (χ0) is 39.7. The van der Waals surface area contributed by atoms with E-state index >= 15 is 0 Å². The molecule has 0 fully saturated rings. The average Bonchev–Trinajstić information content (AvgIpc) is 3.10. The first-order valence-electron chi connectivity index (χ1n) is 17.2. The van der Waals surface area contributed by atoms with Crippen LogP contribution in [0.4, 0.5) is 33.2 Å². The van der Waals surface area contributed by atoms with Crippen LogP contribution in [-0.4, -0.2) is 23.7 Å². The normalized spacial score (nSPS) is 9.00. The third kappa shape index (κ3) is 21.3. The number of carbonyl (C=O) groups excluding carboxylic acids is 3. The van der Waals surface area contributed by atoms with Crippen LogP contribution in [0.3, 0.4) is 0 Å². The molecule has 2 amide bonds. The second-order valence-electron chi connectivity index (χ2n) is 12.5. The van der Waals surface area contributed by atoms with Gasteiger partial charge in [0.05, 0.1) is 11.4 Å². The highest BCUT2D eigenvalue weighted by Gasteiger charge is 2.02. The molecule has 0 atom stereocenters. The number of benzene rings is 6. The number of anilines is 3. The molecular weight excluding hydrogens is 687 g/mol. The van der Waals surface area contributed by atoms with E-state index in [1.54, 1.807) is 12.1 Å². The molecule has 6 rings (SSSR count). The largest absolute Gasteiger partial charge is 0.412 e. The minimum Gasteiger partial charge on any atom is -0.412 e. The van der Waals surface area contributed by atoms with Gasteiger partial charge in [0.2, 0.25) is 12.2 Å². The smallest absolute Gasteiger partial charge is 0.323 e. The summed E-state index contributed by atoms with van der Waals surface area (Å²) in [4.78, 5) is 38.3. The van der Waals surface area contributed by atoms with Crippen molar-refractivity contribution < 1.29 is 19.9 Å². The van der Waals surface area contributed by atoms with E-state index in [-0.39, 0.29) is 11.5 Å². The second kappa shape index (κ2) is 26.0. The van der Waals surface area contributed by atoms with Gasteiger partial charge < -0.3 is 21.8 Å². The Morgan fingerprint density at radius 3 is 1.04 bits per heavy atom. The van der Waals surface area contributed by atoms with E-state index in [9.17, 15) is 14.4 Å². The molecule has 9 heteroatoms. The van der Waals surface area contributed by atoms with Gasteiger partial charge in [-0.1, -0.05) is 96.1 Å². The molecule has 0 aliphatic heterocycles. The van der Waals surface area contributed by atoms with Crippen molar-refractivity contribution in [3.8, 4) is 0 Å². The van der Waals surface area contributed by atoms with E-state index in [1.165, 1.54) is 28.9 Å². The quantitative estimate of drug-likeness (QED) is 0.0934. The summed E-state index contributed by atoms with van der Waals surface area (Å²) in [5.74, 6) is 0. The molecule has 0 spiro atoms. The zero-order valence-electron chi connectivity index (χ0n) is 32.6. The van der Waals surface area contributed by atoms with Crippen LogP contribution in [-0.2, 0) is 9.59 Å². The summed E-state index contributed by atoms with van der Waals surface area (Å²) in [6, 6.07) is 46.2. The summed E-state index contributed by atoms with van der Waals surface area (Å²) < 4.78 is 0. The van der Waals surface area contributed by atoms with Crippen molar-refractivity contribution in [3.05, 3.63) is 185 Å². The van der Waals surface area contributed by atoms with Crippen LogP contribution in [0.1, 0.15) is 38.9 Å². The number of carbonyl (C=O) groups is 1. The Morgan fingerprint density at radius 1 is 0.455 bits per heavy atom. The number of nitrogens with one attached hydrogen (secondary N) is 2. The van der Waals surface area contributed by atoms with Crippen molar-refractivity contribution in [1.82, 2.24) is 0 Å². The van der Waals surface area contributed by atoms with Crippen molar-refractivity contribution in [2.24, 2.45) is 9.98 Å². The SMILES string of the molecule is Cc1cccc(C)c1.Cc1cccc(N)c1.Cc1cccc(N=C=O)c1.Cc1cccc(N=C=O)c1.Cc1cccc(NC(=O)Nc2cccc(C)c2)c1.O. The fourth-order valence-corrected chi connectivity index (χ4v) is 4.72. The molecule has 6 aromatic carbocycles. The van der Waals surface area contributed by atoms with E-state index < -0.39 is 0 Å². The third-order valence-electron chi connectivity index (χ3n) is 7.12. The first kappa shape index (κ1) is 46.1. The Morgan fingerprint density at radius 2 is 0.764 bits per heavy atom. The predicted molar refractivity (Wildman–Crippen MR) is 228 cm³/mol. The molecule has 284 valence electrons. The number of aliphatic imine (C=N–C) groups is 2. The molecule has 0 heterocycles. The number of amides is 2. The van der Waals surface area contributed by atoms with Gasteiger partial charge in [-0.05, 0) is 137 Å². The van der Waals surface area contributed by atoms with Gasteiger partial charge >= 0.3 is 6.03 Å². The predicted octanol–water partition coefficient (Wildman–Crippen LogP) is 10.9. The standard InChI is InChI=1S/C15H16N2O.2C8H7NO.C8H10.C7H9N.H2O/c1-11-5-3-7-13(9-11)16-15(18)17-14-8-4-6-12(2)10-14;2*1-7-3-2-4-8(5-7)9-6-10;1-7-4-3-5-8(2)6-7;1-6-3-2-4-7(8)5-6;/h3-10H,1-2H3,(H2,16,17,18);2*2-5H,1H3;3-6H,1-2H3;2-5H,8H2,1H3;1H2. The number of hydrogen-bond donors (Lipinski definition) is 3. The van der Waals surface area contributed by atoms with Gasteiger partial charge in [0.25, 0.3) is 0 Å². The second-order valence-corrected chi connectivity index (χ2v) is 12.5. The minimum absolute atomic E-state index is 0. The summed E-state index contributed by atoms with van der Waals surface area (Å²) in [6.07, 6.45) is 2.97. The van der Waals surface area contributed by atoms with Crippen LogP contribution in [0.5, 0.6) is 0 Å². The van der Waals surface area contributed by atoms with E-state index in [2.05, 4.69) is 58.7 Å². The van der Waals surface area contributed by atoms with E-state index in [1.807, 2.05) is 144 Å². The summed E-state index contributed by atoms with van der Waals surface area (Å²) >= 11 is 0. The molecule has 6 N–H and O–H groups in total. The fourth-order valence-electron chi connectivity index (χ4n) is 4.72. The summed E-state index contributed by atoms with van der Waals surface area (Å²) in [6.45, 7) is 14.1. The lowest BCUT2D eigenvalue weighted by molar-refractivity contribution is 0.262. The Bertz CT molecular complexity index is 1980. The highest BCUT2D eigenvalue weighted by molar-refractivity contribution is 5.99. The number of isocyanates is 2. The van der Waals surface area contributed by atoms with E-state index in [4.69, 9.17) is 5.73 Å². The first-order chi connectivity index (χ1) is 25.9. The number of rotatable bonds is 4. The first-order valence-corrected chi connectivity index (χ1v) is 17.2. The summed E-state index contributed by atoms with van der Waals surface area (Å²) in [5, 5.41) is 5.60. The van der Waals surface area contributed by atoms with Crippen molar-refractivity contribution >= 4 is 46.6 Å². The lowest BCUT2D eigenvalue weighted by atomic mass is 10.2. The Kier molecular flexibility index (Phi) is 21.8. The number of nitrogens with two attached hydrogens (primary N) is 1. The number of urea groups is 1. The van der Waals surface area contributed by atoms with Crippen molar-refractivity contribution in [2.75, 3.05) is 16.4 Å². The molecule has 55 heavy (non-hydrogen) atoms. The molecular formula is C46H51N5O4. The summed E-state index contributed by atoms with van der Waals surface area (Å²) in [7, 11) is 0. The number of nitrogen functional groups attached to an aromatic ring is 1. The lowest BCUT2D eigenvalue weighted by Gasteiger charge is -2.08. The number of hydrogen-bond acceptors (Lipinski definition) is 6. The van der Waals surface area contributed by atoms with Gasteiger partial charge in [-0.15, -0.1) is 0 Å². The van der Waals surface area contributed by atoms with Gasteiger partial charge in [-0.25, -0.2) is 14.4 Å². The Hall–Kier alpha value is -6.89. The number of aryl methyl sites for hydroxylation is 7.